The van der Waals surface area contributed by atoms with Crippen LogP contribution >= 0.6 is 0 Å². The number of hydrogen-bond donors (Lipinski definition) is 2. The monoisotopic (exact) mass is 235 g/mol. The highest BCUT2D eigenvalue weighted by Crippen LogP contribution is 2.35. The van der Waals surface area contributed by atoms with E-state index in [9.17, 15) is 4.79 Å². The summed E-state index contributed by atoms with van der Waals surface area (Å²) < 4.78 is 5.52. The minimum absolute atomic E-state index is 0.0830. The standard InChI is InChI=1S/C12H17N3O2/c1-7(13)6-15-10-5-9(14)3-4-11(10)17-8(2)12(15)16/h3-5,7-8H,6,13-14H2,1-2H3. The Morgan fingerprint density at radius 3 is 2.88 bits per heavy atom. The molecular formula is C12H17N3O2. The lowest BCUT2D eigenvalue weighted by molar-refractivity contribution is -0.125. The summed E-state index contributed by atoms with van der Waals surface area (Å²) in [6.45, 7) is 4.05. The lowest BCUT2D eigenvalue weighted by Gasteiger charge is -2.34. The van der Waals surface area contributed by atoms with Gasteiger partial charge in [-0.25, -0.2) is 0 Å². The van der Waals surface area contributed by atoms with Crippen molar-refractivity contribution < 1.29 is 9.53 Å². The Balaban J connectivity index is 2.43. The smallest absolute Gasteiger partial charge is 0.267 e. The van der Waals surface area contributed by atoms with Gasteiger partial charge in [-0.3, -0.25) is 4.79 Å². The zero-order valence-corrected chi connectivity index (χ0v) is 10.0. The molecule has 1 aliphatic heterocycles. The third-order valence-corrected chi connectivity index (χ3v) is 2.66. The summed E-state index contributed by atoms with van der Waals surface area (Å²) in [5.74, 6) is 0.590. The molecule has 1 heterocycles. The Morgan fingerprint density at radius 2 is 2.24 bits per heavy atom. The highest BCUT2D eigenvalue weighted by atomic mass is 16.5. The molecule has 1 aliphatic rings. The van der Waals surface area contributed by atoms with Crippen molar-refractivity contribution in [1.29, 1.82) is 0 Å². The molecule has 1 amide bonds. The Morgan fingerprint density at radius 1 is 1.53 bits per heavy atom. The van der Waals surface area contributed by atoms with E-state index in [1.165, 1.54) is 0 Å². The van der Waals surface area contributed by atoms with Crippen molar-refractivity contribution >= 4 is 17.3 Å². The zero-order chi connectivity index (χ0) is 12.6. The number of fused-ring (bicyclic) bond motifs is 1. The fourth-order valence-electron chi connectivity index (χ4n) is 1.90. The molecule has 0 radical (unpaired) electrons. The average molecular weight is 235 g/mol. The Bertz CT molecular complexity index is 445. The summed E-state index contributed by atoms with van der Waals surface area (Å²) in [6.07, 6.45) is -0.482. The second kappa shape index (κ2) is 4.25. The first-order chi connectivity index (χ1) is 7.99. The minimum Gasteiger partial charge on any atom is -0.479 e. The topological polar surface area (TPSA) is 81.6 Å². The van der Waals surface area contributed by atoms with E-state index in [-0.39, 0.29) is 11.9 Å². The van der Waals surface area contributed by atoms with Crippen LogP contribution in [-0.4, -0.2) is 24.6 Å². The van der Waals surface area contributed by atoms with Gasteiger partial charge in [-0.05, 0) is 32.0 Å². The molecule has 0 aromatic heterocycles. The summed E-state index contributed by atoms with van der Waals surface area (Å²) in [4.78, 5) is 13.7. The van der Waals surface area contributed by atoms with Crippen LogP contribution in [-0.2, 0) is 4.79 Å². The van der Waals surface area contributed by atoms with Gasteiger partial charge in [0.1, 0.15) is 5.75 Å². The number of carbonyl (C=O) groups is 1. The van der Waals surface area contributed by atoms with E-state index in [1.807, 2.05) is 6.92 Å². The molecule has 4 N–H and O–H groups in total. The highest BCUT2D eigenvalue weighted by molar-refractivity contribution is 6.00. The second-order valence-corrected chi connectivity index (χ2v) is 4.41. The van der Waals surface area contributed by atoms with Gasteiger partial charge in [-0.1, -0.05) is 0 Å². The molecule has 92 valence electrons. The fraction of sp³-hybridized carbons (Fsp3) is 0.417. The molecule has 1 aromatic carbocycles. The van der Waals surface area contributed by atoms with E-state index in [1.54, 1.807) is 30.0 Å². The van der Waals surface area contributed by atoms with Crippen molar-refractivity contribution in [2.45, 2.75) is 26.0 Å². The van der Waals surface area contributed by atoms with E-state index in [2.05, 4.69) is 0 Å². The summed E-state index contributed by atoms with van der Waals surface area (Å²) in [5.41, 5.74) is 12.8. The van der Waals surface area contributed by atoms with Crippen molar-refractivity contribution in [2.24, 2.45) is 5.73 Å². The van der Waals surface area contributed by atoms with E-state index in [4.69, 9.17) is 16.2 Å². The largest absolute Gasteiger partial charge is 0.479 e. The van der Waals surface area contributed by atoms with Crippen molar-refractivity contribution in [1.82, 2.24) is 0 Å². The van der Waals surface area contributed by atoms with Gasteiger partial charge in [0.05, 0.1) is 5.69 Å². The minimum atomic E-state index is -0.482. The molecule has 17 heavy (non-hydrogen) atoms. The first-order valence-corrected chi connectivity index (χ1v) is 5.62. The maximum atomic E-state index is 12.0. The van der Waals surface area contributed by atoms with E-state index in [0.29, 0.717) is 23.7 Å². The van der Waals surface area contributed by atoms with Crippen LogP contribution in [0.4, 0.5) is 11.4 Å². The number of hydrogen-bond acceptors (Lipinski definition) is 4. The van der Waals surface area contributed by atoms with Crippen LogP contribution in [0.2, 0.25) is 0 Å². The number of nitrogens with two attached hydrogens (primary N) is 2. The van der Waals surface area contributed by atoms with E-state index < -0.39 is 6.10 Å². The Labute approximate surface area is 100 Å². The molecular weight excluding hydrogens is 218 g/mol. The van der Waals surface area contributed by atoms with Gasteiger partial charge in [-0.15, -0.1) is 0 Å². The van der Waals surface area contributed by atoms with Crippen LogP contribution in [0.1, 0.15) is 13.8 Å². The molecule has 0 saturated carbocycles. The highest BCUT2D eigenvalue weighted by Gasteiger charge is 2.31. The molecule has 0 bridgehead atoms. The fourth-order valence-corrected chi connectivity index (χ4v) is 1.90. The quantitative estimate of drug-likeness (QED) is 0.740. The molecule has 2 unspecified atom stereocenters. The number of anilines is 2. The first kappa shape index (κ1) is 11.7. The van der Waals surface area contributed by atoms with Crippen LogP contribution in [0, 0.1) is 0 Å². The maximum Gasteiger partial charge on any atom is 0.267 e. The molecule has 5 heteroatoms. The molecule has 0 aliphatic carbocycles. The lowest BCUT2D eigenvalue weighted by atomic mass is 10.1. The lowest BCUT2D eigenvalue weighted by Crippen LogP contribution is -2.48. The number of benzene rings is 1. The van der Waals surface area contributed by atoms with Crippen LogP contribution in [0.25, 0.3) is 0 Å². The molecule has 0 fully saturated rings. The predicted octanol–water partition coefficient (Wildman–Crippen LogP) is 0.730. The zero-order valence-electron chi connectivity index (χ0n) is 10.0. The normalized spacial score (nSPS) is 20.8. The molecule has 5 nitrogen and oxygen atoms in total. The van der Waals surface area contributed by atoms with Crippen LogP contribution in [0.5, 0.6) is 5.75 Å². The Hall–Kier alpha value is -1.75. The Kier molecular flexibility index (Phi) is 2.93. The van der Waals surface area contributed by atoms with Gasteiger partial charge >= 0.3 is 0 Å². The predicted molar refractivity (Wildman–Crippen MR) is 66.9 cm³/mol. The summed E-state index contributed by atoms with van der Waals surface area (Å²) in [6, 6.07) is 5.17. The summed E-state index contributed by atoms with van der Waals surface area (Å²) in [7, 11) is 0. The van der Waals surface area contributed by atoms with Gasteiger partial charge in [0, 0.05) is 18.3 Å². The van der Waals surface area contributed by atoms with Gasteiger partial charge in [0.25, 0.3) is 5.91 Å². The molecule has 0 saturated heterocycles. The number of rotatable bonds is 2. The SMILES string of the molecule is CC(N)CN1C(=O)C(C)Oc2ccc(N)cc21. The number of carbonyl (C=O) groups excluding carboxylic acids is 1. The van der Waals surface area contributed by atoms with Gasteiger partial charge < -0.3 is 21.1 Å². The van der Waals surface area contributed by atoms with Crippen LogP contribution in [0.3, 0.4) is 0 Å². The van der Waals surface area contributed by atoms with Crippen LogP contribution in [0.15, 0.2) is 18.2 Å². The third-order valence-electron chi connectivity index (χ3n) is 2.66. The number of amides is 1. The third kappa shape index (κ3) is 2.19. The molecule has 2 rings (SSSR count). The van der Waals surface area contributed by atoms with Gasteiger partial charge in [-0.2, -0.15) is 0 Å². The van der Waals surface area contributed by atoms with Gasteiger partial charge in [0.15, 0.2) is 6.10 Å². The number of nitrogen functional groups attached to an aromatic ring is 1. The van der Waals surface area contributed by atoms with E-state index >= 15 is 0 Å². The van der Waals surface area contributed by atoms with Crippen LogP contribution < -0.4 is 21.1 Å². The summed E-state index contributed by atoms with van der Waals surface area (Å²) >= 11 is 0. The van der Waals surface area contributed by atoms with Crippen molar-refractivity contribution in [3.63, 3.8) is 0 Å². The van der Waals surface area contributed by atoms with Crippen molar-refractivity contribution in [2.75, 3.05) is 17.2 Å². The molecule has 1 aromatic rings. The van der Waals surface area contributed by atoms with Gasteiger partial charge in [0.2, 0.25) is 0 Å². The first-order valence-electron chi connectivity index (χ1n) is 5.62. The molecule has 2 atom stereocenters. The number of nitrogens with zero attached hydrogens (tertiary/aromatic N) is 1. The summed E-state index contributed by atoms with van der Waals surface area (Å²) in [5, 5.41) is 0. The average Bonchev–Trinajstić information content (AvgIpc) is 2.25. The maximum absolute atomic E-state index is 12.0. The van der Waals surface area contributed by atoms with E-state index in [0.717, 1.165) is 0 Å². The molecule has 0 spiro atoms. The second-order valence-electron chi connectivity index (χ2n) is 4.41. The van der Waals surface area contributed by atoms with Crippen molar-refractivity contribution in [3.05, 3.63) is 18.2 Å². The number of ether oxygens (including phenoxy) is 1. The van der Waals surface area contributed by atoms with Crippen molar-refractivity contribution in [3.8, 4) is 5.75 Å².